The van der Waals surface area contributed by atoms with Crippen molar-refractivity contribution in [1.29, 1.82) is 0 Å². The fraction of sp³-hybridized carbons (Fsp3) is 0.559. The van der Waals surface area contributed by atoms with Gasteiger partial charge in [-0.15, -0.1) is 0 Å². The number of pyridine rings is 1. The Labute approximate surface area is 450 Å². The Morgan fingerprint density at radius 3 is 2.56 bits per heavy atom. The summed E-state index contributed by atoms with van der Waals surface area (Å²) in [6.07, 6.45) is 14.6. The highest BCUT2D eigenvalue weighted by Gasteiger charge is 2.59. The number of carbonyl (C=O) groups excluding carboxylic acids is 1. The number of piperazine rings is 1. The molecule has 18 heteroatoms. The molecule has 12 rings (SSSR count). The number of nitro groups is 1. The minimum Gasteiger partial charge on any atom is -0.455 e. The van der Waals surface area contributed by atoms with Crippen LogP contribution in [0.15, 0.2) is 84.0 Å². The summed E-state index contributed by atoms with van der Waals surface area (Å²) in [5.74, 6) is 1.48. The van der Waals surface area contributed by atoms with Gasteiger partial charge in [-0.3, -0.25) is 24.7 Å². The maximum atomic E-state index is 14.8. The second kappa shape index (κ2) is 19.9. The summed E-state index contributed by atoms with van der Waals surface area (Å²) >= 11 is 0. The van der Waals surface area contributed by atoms with Crippen LogP contribution >= 0.6 is 0 Å². The number of nitrogens with one attached hydrogen (secondary N) is 3. The van der Waals surface area contributed by atoms with Gasteiger partial charge in [0, 0.05) is 94.4 Å². The van der Waals surface area contributed by atoms with Gasteiger partial charge < -0.3 is 29.8 Å². The number of sulfonamides is 1. The molecule has 5 unspecified atom stereocenters. The van der Waals surface area contributed by atoms with E-state index in [2.05, 4.69) is 72.8 Å². The summed E-state index contributed by atoms with van der Waals surface area (Å²) in [6.45, 7) is 12.8. The number of H-pyrrole nitrogens is 1. The van der Waals surface area contributed by atoms with Crippen molar-refractivity contribution in [2.45, 2.75) is 126 Å². The number of hydrogen-bond acceptors (Lipinski definition) is 13. The van der Waals surface area contributed by atoms with Gasteiger partial charge >= 0.3 is 0 Å². The summed E-state index contributed by atoms with van der Waals surface area (Å²) in [7, 11) is -2.71. The molecule has 3 aromatic carbocycles. The number of ether oxygens (including phenoxy) is 2. The monoisotopic (exact) mass is 1070 g/mol. The largest absolute Gasteiger partial charge is 0.455 e. The molecule has 3 bridgehead atoms. The molecule has 7 aliphatic rings. The Morgan fingerprint density at radius 2 is 1.79 bits per heavy atom. The molecule has 410 valence electrons. The van der Waals surface area contributed by atoms with E-state index in [1.54, 1.807) is 19.1 Å². The molecule has 7 fully saturated rings. The average Bonchev–Trinajstić information content (AvgIpc) is 3.98. The van der Waals surface area contributed by atoms with Crippen molar-refractivity contribution < 1.29 is 37.1 Å². The lowest BCUT2D eigenvalue weighted by Gasteiger charge is -2.63. The SMILES string of the molecule is COC1C2CC3CCC(CN4CCN(C5CC6(C5)CN(c5ccc(C(=O)NS(=O)(=O)c7ccc(NCC8CCC(C)(O)CC8)c([N+](=O)[O-])c7)c(Oc7cnc8[nH]cc(F)c8c7)c5)C6)[C@H](c5ccccc5C(C)C)C4)(C2)CC31. The number of benzene rings is 3. The fourth-order valence-electron chi connectivity index (χ4n) is 15.5. The van der Waals surface area contributed by atoms with Crippen molar-refractivity contribution in [2.75, 3.05) is 63.1 Å². The minimum absolute atomic E-state index is 0.0333. The highest BCUT2D eigenvalue weighted by Crippen LogP contribution is 2.62. The number of fused-ring (bicyclic) bond motifs is 3. The second-order valence-corrected chi connectivity index (χ2v) is 26.6. The first kappa shape index (κ1) is 52.1. The number of nitro benzene ring substituents is 1. The average molecular weight is 1070 g/mol. The lowest BCUT2D eigenvalue weighted by Crippen LogP contribution is -2.68. The third-order valence-corrected chi connectivity index (χ3v) is 20.7. The van der Waals surface area contributed by atoms with Crippen molar-refractivity contribution in [2.24, 2.45) is 34.5 Å². The van der Waals surface area contributed by atoms with Crippen LogP contribution in [0, 0.1) is 50.4 Å². The van der Waals surface area contributed by atoms with Gasteiger partial charge in [-0.25, -0.2) is 22.5 Å². The summed E-state index contributed by atoms with van der Waals surface area (Å²) in [5, 5.41) is 25.9. The highest BCUT2D eigenvalue weighted by molar-refractivity contribution is 7.90. The number of nitrogens with zero attached hydrogens (tertiary/aromatic N) is 5. The molecule has 4 heterocycles. The molecular weight excluding hydrogens is 1000 g/mol. The quantitative estimate of drug-likeness (QED) is 0.0539. The molecule has 1 amide bonds. The Balaban J connectivity index is 0.745. The van der Waals surface area contributed by atoms with Crippen molar-refractivity contribution in [3.05, 3.63) is 112 Å². The van der Waals surface area contributed by atoms with Gasteiger partial charge in [0.15, 0.2) is 0 Å². The van der Waals surface area contributed by atoms with Crippen molar-refractivity contribution >= 4 is 44.0 Å². The number of halogens is 1. The van der Waals surface area contributed by atoms with Crippen molar-refractivity contribution in [3.8, 4) is 11.5 Å². The molecule has 2 aromatic heterocycles. The van der Waals surface area contributed by atoms with E-state index in [-0.39, 0.29) is 39.5 Å². The minimum atomic E-state index is -4.64. The van der Waals surface area contributed by atoms with Gasteiger partial charge in [0.25, 0.3) is 21.6 Å². The molecule has 2 aliphatic heterocycles. The number of amides is 1. The number of aromatic nitrogens is 2. The maximum absolute atomic E-state index is 14.8. The van der Waals surface area contributed by atoms with Gasteiger partial charge in [0.05, 0.1) is 38.7 Å². The van der Waals surface area contributed by atoms with E-state index in [0.717, 1.165) is 76.1 Å². The predicted octanol–water partition coefficient (Wildman–Crippen LogP) is 10.2. The normalized spacial score (nSPS) is 29.2. The van der Waals surface area contributed by atoms with E-state index in [4.69, 9.17) is 9.47 Å². The molecule has 0 radical (unpaired) electrons. The number of methoxy groups -OCH3 is 1. The molecule has 5 aromatic rings. The highest BCUT2D eigenvalue weighted by atomic mass is 32.2. The number of aromatic amines is 1. The van der Waals surface area contributed by atoms with Gasteiger partial charge in [-0.2, -0.15) is 0 Å². The molecular formula is C59H73FN8O8S. The van der Waals surface area contributed by atoms with E-state index in [1.807, 2.05) is 7.11 Å². The van der Waals surface area contributed by atoms with E-state index >= 15 is 0 Å². The summed E-state index contributed by atoms with van der Waals surface area (Å²) in [6, 6.07) is 19.8. The fourth-order valence-corrected chi connectivity index (χ4v) is 16.5. The lowest BCUT2D eigenvalue weighted by molar-refractivity contribution is -0.384. The second-order valence-electron chi connectivity index (χ2n) is 24.9. The van der Waals surface area contributed by atoms with Crippen LogP contribution in [0.5, 0.6) is 11.5 Å². The maximum Gasteiger partial charge on any atom is 0.293 e. The predicted molar refractivity (Wildman–Crippen MR) is 292 cm³/mol. The van der Waals surface area contributed by atoms with Crippen LogP contribution in [0.2, 0.25) is 0 Å². The van der Waals surface area contributed by atoms with Crippen LogP contribution < -0.4 is 19.7 Å². The number of rotatable bonds is 16. The smallest absolute Gasteiger partial charge is 0.293 e. The van der Waals surface area contributed by atoms with Crippen LogP contribution in [-0.4, -0.2) is 115 Å². The van der Waals surface area contributed by atoms with E-state index in [9.17, 15) is 32.8 Å². The number of hydrogen-bond donors (Lipinski definition) is 4. The van der Waals surface area contributed by atoms with Crippen LogP contribution in [-0.2, 0) is 14.8 Å². The van der Waals surface area contributed by atoms with Crippen molar-refractivity contribution in [1.82, 2.24) is 24.5 Å². The van der Waals surface area contributed by atoms with Crippen molar-refractivity contribution in [3.63, 3.8) is 0 Å². The van der Waals surface area contributed by atoms with Crippen LogP contribution in [0.3, 0.4) is 0 Å². The lowest BCUT2D eigenvalue weighted by atomic mass is 9.59. The molecule has 6 atom stereocenters. The van der Waals surface area contributed by atoms with Crippen LogP contribution in [0.1, 0.15) is 125 Å². The zero-order valence-corrected chi connectivity index (χ0v) is 45.5. The third kappa shape index (κ3) is 9.99. The first-order valence-corrected chi connectivity index (χ1v) is 29.5. The van der Waals surface area contributed by atoms with Gasteiger partial charge in [0.2, 0.25) is 0 Å². The third-order valence-electron chi connectivity index (χ3n) is 19.4. The van der Waals surface area contributed by atoms with Gasteiger partial charge in [-0.1, -0.05) is 38.1 Å². The Bertz CT molecular complexity index is 3180. The Kier molecular flexibility index (Phi) is 13.5. The molecule has 4 N–H and O–H groups in total. The summed E-state index contributed by atoms with van der Waals surface area (Å²) in [4.78, 5) is 40.2. The molecule has 77 heavy (non-hydrogen) atoms. The topological polar surface area (TPSA) is 195 Å². The zero-order chi connectivity index (χ0) is 53.6. The summed E-state index contributed by atoms with van der Waals surface area (Å²) < 4.78 is 57.1. The molecule has 5 aliphatic carbocycles. The Morgan fingerprint density at radius 1 is 1.00 bits per heavy atom. The molecule has 16 nitrogen and oxygen atoms in total. The van der Waals surface area contributed by atoms with E-state index in [0.29, 0.717) is 66.4 Å². The summed E-state index contributed by atoms with van der Waals surface area (Å²) in [5.41, 5.74) is 3.36. The molecule has 5 saturated carbocycles. The van der Waals surface area contributed by atoms with E-state index in [1.165, 1.54) is 86.4 Å². The van der Waals surface area contributed by atoms with Crippen LogP contribution in [0.4, 0.5) is 21.5 Å². The van der Waals surface area contributed by atoms with Crippen LogP contribution in [0.25, 0.3) is 11.0 Å². The standard InChI is InChI=1S/C59H73FN8O8S/c1-36(2)44-7-5-6-8-45(44)52-32-65(33-58-18-15-38-21-39(25-58)54(75-4)48(38)28-58)19-20-67(52)41-26-59(27-41)34-66(35-59)40-9-11-46(53(22-40)76-42-23-47-49(60)31-63-55(47)62-30-42)56(69)64-77(73,74)43-10-12-50(51(24-43)68(71)72)61-29-37-13-16-57(3,70)17-14-37/h5-12,22-24,30-31,36-39,41,48,52,54,61,70H,13-21,25-29,32-35H2,1-4H3,(H,62,63)(H,64,69)/t37?,38?,39?,48?,52-,54?,57?,58?/m0/s1. The van der Waals surface area contributed by atoms with Gasteiger partial charge in [-0.05, 0) is 154 Å². The first-order valence-electron chi connectivity index (χ1n) is 28.0. The van der Waals surface area contributed by atoms with Gasteiger partial charge in [0.1, 0.15) is 28.7 Å². The van der Waals surface area contributed by atoms with E-state index < -0.39 is 42.9 Å². The molecule has 2 saturated heterocycles. The first-order chi connectivity index (χ1) is 36.9. The number of aliphatic hydroxyl groups is 1. The molecule has 1 spiro atoms. The Hall–Kier alpha value is -5.66. The number of anilines is 2. The number of carbonyl (C=O) groups is 1. The zero-order valence-electron chi connectivity index (χ0n) is 44.7.